The van der Waals surface area contributed by atoms with E-state index in [1.165, 1.54) is 103 Å². The fraction of sp³-hybridized carbons (Fsp3) is 0.909. The Balaban J connectivity index is 3.10. The van der Waals surface area contributed by atoms with Gasteiger partial charge in [-0.3, -0.25) is 0 Å². The summed E-state index contributed by atoms with van der Waals surface area (Å²) in [5.41, 5.74) is 0. The Morgan fingerprint density at radius 2 is 0.727 bits per heavy atom. The molecule has 0 fully saturated rings. The zero-order chi connectivity index (χ0) is 16.3. The van der Waals surface area contributed by atoms with Crippen molar-refractivity contribution in [2.24, 2.45) is 5.92 Å². The van der Waals surface area contributed by atoms with E-state index in [0.29, 0.717) is 0 Å². The van der Waals surface area contributed by atoms with E-state index < -0.39 is 0 Å². The van der Waals surface area contributed by atoms with Crippen LogP contribution in [0.25, 0.3) is 0 Å². The first-order chi connectivity index (χ1) is 10.8. The Kier molecular flexibility index (Phi) is 19.0. The number of unbranched alkanes of at least 4 members (excludes halogenated alkanes) is 14. The summed E-state index contributed by atoms with van der Waals surface area (Å²) in [5, 5.41) is 0. The second-order valence-corrected chi connectivity index (χ2v) is 7.34. The molecule has 0 spiro atoms. The summed E-state index contributed by atoms with van der Waals surface area (Å²) in [6, 6.07) is 0. The molecule has 0 aromatic rings. The molecule has 0 amide bonds. The van der Waals surface area contributed by atoms with E-state index in [1.807, 2.05) is 0 Å². The fourth-order valence-corrected chi connectivity index (χ4v) is 3.25. The summed E-state index contributed by atoms with van der Waals surface area (Å²) in [6.45, 7) is 10.3. The minimum absolute atomic E-state index is 0.954. The van der Waals surface area contributed by atoms with Crippen molar-refractivity contribution in [2.45, 2.75) is 122 Å². The molecule has 2 radical (unpaired) electrons. The molecule has 0 aliphatic heterocycles. The molecule has 0 heterocycles. The van der Waals surface area contributed by atoms with Crippen LogP contribution in [0.2, 0.25) is 0 Å². The van der Waals surface area contributed by atoms with Gasteiger partial charge in [0.2, 0.25) is 0 Å². The third kappa shape index (κ3) is 18.1. The summed E-state index contributed by atoms with van der Waals surface area (Å²) < 4.78 is 0. The molecule has 0 saturated carbocycles. The molecule has 0 rings (SSSR count). The van der Waals surface area contributed by atoms with Gasteiger partial charge < -0.3 is 0 Å². The van der Waals surface area contributed by atoms with Crippen LogP contribution < -0.4 is 0 Å². The van der Waals surface area contributed by atoms with Crippen molar-refractivity contribution in [3.8, 4) is 0 Å². The van der Waals surface area contributed by atoms with Crippen molar-refractivity contribution >= 4 is 0 Å². The Morgan fingerprint density at radius 1 is 0.455 bits per heavy atom. The fourth-order valence-electron chi connectivity index (χ4n) is 3.25. The van der Waals surface area contributed by atoms with Gasteiger partial charge in [-0.1, -0.05) is 136 Å². The maximum absolute atomic E-state index is 3.91. The molecule has 0 heteroatoms. The van der Waals surface area contributed by atoms with Crippen molar-refractivity contribution in [3.05, 3.63) is 13.8 Å². The maximum atomic E-state index is 3.91. The first-order valence-electron chi connectivity index (χ1n) is 10.4. The van der Waals surface area contributed by atoms with Crippen LogP contribution in [0.1, 0.15) is 122 Å². The van der Waals surface area contributed by atoms with Gasteiger partial charge in [0.15, 0.2) is 0 Å². The van der Waals surface area contributed by atoms with Gasteiger partial charge in [-0.25, -0.2) is 0 Å². The lowest BCUT2D eigenvalue weighted by atomic mass is 9.96. The lowest BCUT2D eigenvalue weighted by molar-refractivity contribution is 0.431. The summed E-state index contributed by atoms with van der Waals surface area (Å²) in [6.07, 6.45) is 25.1. The van der Waals surface area contributed by atoms with Crippen molar-refractivity contribution < 1.29 is 0 Å². The van der Waals surface area contributed by atoms with Gasteiger partial charge in [-0.05, 0) is 5.92 Å². The molecule has 0 nitrogen and oxygen atoms in total. The zero-order valence-corrected chi connectivity index (χ0v) is 15.7. The highest BCUT2D eigenvalue weighted by Crippen LogP contribution is 2.18. The van der Waals surface area contributed by atoms with Gasteiger partial charge in [0.1, 0.15) is 0 Å². The van der Waals surface area contributed by atoms with E-state index in [2.05, 4.69) is 20.8 Å². The lowest BCUT2D eigenvalue weighted by Gasteiger charge is -2.11. The average Bonchev–Trinajstić information content (AvgIpc) is 2.52. The van der Waals surface area contributed by atoms with E-state index in [-0.39, 0.29) is 0 Å². The molecular formula is C22H44. The Bertz CT molecular complexity index is 184. The monoisotopic (exact) mass is 308 g/mol. The predicted octanol–water partition coefficient (Wildman–Crippen LogP) is 8.31. The number of hydrogen-bond donors (Lipinski definition) is 0. The zero-order valence-electron chi connectivity index (χ0n) is 15.7. The van der Waals surface area contributed by atoms with E-state index in [0.717, 1.165) is 18.8 Å². The van der Waals surface area contributed by atoms with E-state index in [9.17, 15) is 0 Å². The molecule has 0 bridgehead atoms. The molecule has 0 aliphatic rings. The van der Waals surface area contributed by atoms with Crippen molar-refractivity contribution in [3.63, 3.8) is 0 Å². The highest BCUT2D eigenvalue weighted by molar-refractivity contribution is 4.56. The first kappa shape index (κ1) is 22.0. The van der Waals surface area contributed by atoms with Gasteiger partial charge in [-0.15, -0.1) is 0 Å². The van der Waals surface area contributed by atoms with Crippen LogP contribution in [0, 0.1) is 19.8 Å². The van der Waals surface area contributed by atoms with Crippen molar-refractivity contribution in [2.75, 3.05) is 0 Å². The largest absolute Gasteiger partial charge is 0.0625 e. The quantitative estimate of drug-likeness (QED) is 0.223. The summed E-state index contributed by atoms with van der Waals surface area (Å²) >= 11 is 0. The van der Waals surface area contributed by atoms with E-state index in [1.54, 1.807) is 0 Å². The Morgan fingerprint density at radius 3 is 1.05 bits per heavy atom. The third-order valence-electron chi connectivity index (χ3n) is 4.89. The van der Waals surface area contributed by atoms with Crippen molar-refractivity contribution in [1.82, 2.24) is 0 Å². The maximum Gasteiger partial charge on any atom is -0.0443 e. The second-order valence-electron chi connectivity index (χ2n) is 7.34. The summed E-state index contributed by atoms with van der Waals surface area (Å²) in [5.74, 6) is 0.954. The lowest BCUT2D eigenvalue weighted by Crippen LogP contribution is -1.95. The first-order valence-corrected chi connectivity index (χ1v) is 10.4. The highest BCUT2D eigenvalue weighted by Gasteiger charge is 2.02. The van der Waals surface area contributed by atoms with Gasteiger partial charge in [0, 0.05) is 0 Å². The summed E-state index contributed by atoms with van der Waals surface area (Å²) in [4.78, 5) is 0. The predicted molar refractivity (Wildman–Crippen MR) is 103 cm³/mol. The second kappa shape index (κ2) is 19.0. The SMILES string of the molecule is [CH2]CCCCCCCCCCCC(C)CCCCCCC[CH2]. The van der Waals surface area contributed by atoms with Crippen LogP contribution in [0.3, 0.4) is 0 Å². The standard InChI is InChI=1S/C22H44/c1-4-6-8-10-12-13-14-15-17-19-21-22(3)20-18-16-11-9-7-5-2/h22H,1-2,4-21H2,3H3. The van der Waals surface area contributed by atoms with Crippen LogP contribution in [0.5, 0.6) is 0 Å². The molecule has 1 unspecified atom stereocenters. The van der Waals surface area contributed by atoms with E-state index in [4.69, 9.17) is 0 Å². The van der Waals surface area contributed by atoms with E-state index >= 15 is 0 Å². The molecule has 0 saturated heterocycles. The Hall–Kier alpha value is 0. The Labute approximate surface area is 142 Å². The van der Waals surface area contributed by atoms with Crippen LogP contribution in [0.15, 0.2) is 0 Å². The molecular weight excluding hydrogens is 264 g/mol. The molecule has 0 aromatic heterocycles. The molecule has 0 aliphatic carbocycles. The topological polar surface area (TPSA) is 0 Å². The normalized spacial score (nSPS) is 12.7. The van der Waals surface area contributed by atoms with Gasteiger partial charge in [0.05, 0.1) is 0 Å². The third-order valence-corrected chi connectivity index (χ3v) is 4.89. The van der Waals surface area contributed by atoms with Crippen LogP contribution in [-0.2, 0) is 0 Å². The minimum atomic E-state index is 0.954. The van der Waals surface area contributed by atoms with Gasteiger partial charge in [-0.2, -0.15) is 0 Å². The highest BCUT2D eigenvalue weighted by atomic mass is 14.1. The number of hydrogen-bond acceptors (Lipinski definition) is 0. The van der Waals surface area contributed by atoms with Gasteiger partial charge in [0.25, 0.3) is 0 Å². The van der Waals surface area contributed by atoms with Gasteiger partial charge >= 0.3 is 0 Å². The average molecular weight is 309 g/mol. The minimum Gasteiger partial charge on any atom is -0.0625 e. The molecule has 132 valence electrons. The molecule has 22 heavy (non-hydrogen) atoms. The number of rotatable bonds is 18. The van der Waals surface area contributed by atoms with Crippen LogP contribution in [-0.4, -0.2) is 0 Å². The molecule has 1 atom stereocenters. The molecule has 0 N–H and O–H groups in total. The smallest absolute Gasteiger partial charge is 0.0443 e. The van der Waals surface area contributed by atoms with Crippen LogP contribution >= 0.6 is 0 Å². The summed E-state index contributed by atoms with van der Waals surface area (Å²) in [7, 11) is 0. The molecule has 0 aromatic carbocycles. The van der Waals surface area contributed by atoms with Crippen molar-refractivity contribution in [1.29, 1.82) is 0 Å². The van der Waals surface area contributed by atoms with Crippen LogP contribution in [0.4, 0.5) is 0 Å².